The van der Waals surface area contributed by atoms with Gasteiger partial charge in [0.05, 0.1) is 17.9 Å². The Kier molecular flexibility index (Phi) is 7.94. The van der Waals surface area contributed by atoms with Gasteiger partial charge < -0.3 is 20.0 Å². The molecule has 192 valence electrons. The Balaban J connectivity index is 1.69. The number of benzene rings is 2. The van der Waals surface area contributed by atoms with E-state index in [0.717, 1.165) is 61.0 Å². The second-order valence-corrected chi connectivity index (χ2v) is 9.72. The monoisotopic (exact) mass is 492 g/mol. The highest BCUT2D eigenvalue weighted by molar-refractivity contribution is 5.89. The number of nitrogens with zero attached hydrogens (tertiary/aromatic N) is 5. The fourth-order valence-corrected chi connectivity index (χ4v) is 4.61. The lowest BCUT2D eigenvalue weighted by molar-refractivity contribution is 0.193. The van der Waals surface area contributed by atoms with Gasteiger partial charge in [0.1, 0.15) is 11.6 Å². The highest BCUT2D eigenvalue weighted by Gasteiger charge is 2.28. The molecule has 1 fully saturated rings. The highest BCUT2D eigenvalue weighted by atomic mass is 19.1. The molecule has 1 N–H and O–H groups in total. The second-order valence-electron chi connectivity index (χ2n) is 9.72. The van der Waals surface area contributed by atoms with E-state index in [1.54, 1.807) is 6.07 Å². The number of piperazine rings is 1. The lowest BCUT2D eigenvalue weighted by Gasteiger charge is -2.36. The maximum atomic E-state index is 14.2. The molecular formula is C28H37FN6O. The van der Waals surface area contributed by atoms with Crippen molar-refractivity contribution in [3.8, 4) is 5.69 Å². The van der Waals surface area contributed by atoms with Crippen LogP contribution in [-0.2, 0) is 6.54 Å². The van der Waals surface area contributed by atoms with Crippen LogP contribution in [0.3, 0.4) is 0 Å². The molecule has 8 heteroatoms. The molecule has 0 atom stereocenters. The van der Waals surface area contributed by atoms with E-state index >= 15 is 0 Å². The summed E-state index contributed by atoms with van der Waals surface area (Å²) < 4.78 is 16.0. The Labute approximate surface area is 213 Å². The number of halogens is 1. The van der Waals surface area contributed by atoms with E-state index in [1.165, 1.54) is 12.1 Å². The van der Waals surface area contributed by atoms with E-state index in [9.17, 15) is 9.18 Å². The molecule has 7 nitrogen and oxygen atoms in total. The van der Waals surface area contributed by atoms with Crippen molar-refractivity contribution in [3.05, 3.63) is 71.2 Å². The number of aryl methyl sites for hydroxylation is 2. The van der Waals surface area contributed by atoms with Gasteiger partial charge in [-0.15, -0.1) is 0 Å². The highest BCUT2D eigenvalue weighted by Crippen LogP contribution is 2.30. The largest absolute Gasteiger partial charge is 0.354 e. The molecule has 1 saturated heterocycles. The molecule has 2 amide bonds. The van der Waals surface area contributed by atoms with Crippen LogP contribution in [0.25, 0.3) is 5.69 Å². The van der Waals surface area contributed by atoms with Crippen LogP contribution in [0.2, 0.25) is 0 Å². The normalized spacial score (nSPS) is 14.4. The fraction of sp³-hybridized carbons (Fsp3) is 0.429. The van der Waals surface area contributed by atoms with Gasteiger partial charge in [-0.2, -0.15) is 5.10 Å². The third-order valence-corrected chi connectivity index (χ3v) is 6.84. The van der Waals surface area contributed by atoms with Crippen molar-refractivity contribution >= 4 is 17.5 Å². The topological polar surface area (TPSA) is 56.6 Å². The number of hydrogen-bond acceptors (Lipinski definition) is 4. The van der Waals surface area contributed by atoms with Gasteiger partial charge in [-0.1, -0.05) is 30.7 Å². The average Bonchev–Trinajstić information content (AvgIpc) is 3.19. The van der Waals surface area contributed by atoms with Crippen LogP contribution in [0, 0.1) is 19.7 Å². The molecular weight excluding hydrogens is 455 g/mol. The molecule has 3 aromatic rings. The Morgan fingerprint density at radius 1 is 1.08 bits per heavy atom. The van der Waals surface area contributed by atoms with Gasteiger partial charge in [-0.3, -0.25) is 0 Å². The van der Waals surface area contributed by atoms with Crippen LogP contribution < -0.4 is 10.2 Å². The Bertz CT molecular complexity index is 1180. The van der Waals surface area contributed by atoms with Gasteiger partial charge in [0, 0.05) is 43.5 Å². The molecule has 0 spiro atoms. The maximum absolute atomic E-state index is 14.2. The number of hydrogen-bond donors (Lipinski definition) is 1. The van der Waals surface area contributed by atoms with E-state index in [0.29, 0.717) is 12.2 Å². The van der Waals surface area contributed by atoms with E-state index < -0.39 is 0 Å². The van der Waals surface area contributed by atoms with Crippen LogP contribution in [0.4, 0.5) is 20.7 Å². The molecule has 0 aliphatic carbocycles. The smallest absolute Gasteiger partial charge is 0.322 e. The summed E-state index contributed by atoms with van der Waals surface area (Å²) in [6.45, 7) is 15.2. The van der Waals surface area contributed by atoms with E-state index in [-0.39, 0.29) is 17.9 Å². The number of rotatable bonds is 7. The quantitative estimate of drug-likeness (QED) is 0.492. The van der Waals surface area contributed by atoms with Gasteiger partial charge in [-0.25, -0.2) is 13.9 Å². The van der Waals surface area contributed by atoms with E-state index in [2.05, 4.69) is 22.0 Å². The summed E-state index contributed by atoms with van der Waals surface area (Å²) >= 11 is 0. The van der Waals surface area contributed by atoms with Crippen molar-refractivity contribution in [3.63, 3.8) is 0 Å². The summed E-state index contributed by atoms with van der Waals surface area (Å²) in [5, 5.41) is 7.88. The third kappa shape index (κ3) is 5.70. The molecule has 0 bridgehead atoms. The van der Waals surface area contributed by atoms with Gasteiger partial charge in [0.25, 0.3) is 0 Å². The fourth-order valence-electron chi connectivity index (χ4n) is 4.61. The first-order chi connectivity index (χ1) is 17.3. The van der Waals surface area contributed by atoms with Crippen molar-refractivity contribution in [1.29, 1.82) is 0 Å². The van der Waals surface area contributed by atoms with Crippen LogP contribution >= 0.6 is 0 Å². The zero-order valence-electron chi connectivity index (χ0n) is 22.0. The zero-order chi connectivity index (χ0) is 25.8. The molecule has 36 heavy (non-hydrogen) atoms. The number of amides is 2. The number of anilines is 2. The van der Waals surface area contributed by atoms with Crippen LogP contribution in [-0.4, -0.2) is 64.4 Å². The predicted molar refractivity (Wildman–Crippen MR) is 143 cm³/mol. The predicted octanol–water partition coefficient (Wildman–Crippen LogP) is 5.21. The SMILES string of the molecule is CCN1CCN(c2c(CN(C(=O)Nc3ccc(C)cc3)C(C)C)c(C)nn2-c2cccc(F)c2)CC1. The Morgan fingerprint density at radius 3 is 2.39 bits per heavy atom. The van der Waals surface area contributed by atoms with Crippen molar-refractivity contribution < 1.29 is 9.18 Å². The summed E-state index contributed by atoms with van der Waals surface area (Å²) in [5.41, 5.74) is 4.40. The Hall–Kier alpha value is -3.39. The molecule has 1 aliphatic heterocycles. The van der Waals surface area contributed by atoms with E-state index in [1.807, 2.05) is 67.6 Å². The van der Waals surface area contributed by atoms with E-state index in [4.69, 9.17) is 5.10 Å². The number of likely N-dealkylation sites (N-methyl/N-ethyl adjacent to an activating group) is 1. The van der Waals surface area contributed by atoms with Crippen molar-refractivity contribution in [2.24, 2.45) is 0 Å². The van der Waals surface area contributed by atoms with Crippen LogP contribution in [0.1, 0.15) is 37.6 Å². The zero-order valence-corrected chi connectivity index (χ0v) is 22.0. The minimum atomic E-state index is -0.301. The van der Waals surface area contributed by atoms with Crippen LogP contribution in [0.15, 0.2) is 48.5 Å². The van der Waals surface area contributed by atoms with Gasteiger partial charge in [0.15, 0.2) is 0 Å². The molecule has 1 aromatic heterocycles. The third-order valence-electron chi connectivity index (χ3n) is 6.84. The first kappa shape index (κ1) is 25.7. The summed E-state index contributed by atoms with van der Waals surface area (Å²) in [6.07, 6.45) is 0. The lowest BCUT2D eigenvalue weighted by Crippen LogP contribution is -2.47. The van der Waals surface area contributed by atoms with Crippen molar-refractivity contribution in [2.75, 3.05) is 42.9 Å². The number of urea groups is 1. The Morgan fingerprint density at radius 2 is 1.78 bits per heavy atom. The summed E-state index contributed by atoms with van der Waals surface area (Å²) in [7, 11) is 0. The summed E-state index contributed by atoms with van der Waals surface area (Å²) in [5.74, 6) is 0.632. The van der Waals surface area contributed by atoms with Crippen molar-refractivity contribution in [1.82, 2.24) is 19.6 Å². The standard InChI is InChI=1S/C28H37FN6O/c1-6-32-14-16-33(17-15-32)27-26(22(5)31-35(27)25-9-7-8-23(29)18-25)19-34(20(2)3)28(36)30-24-12-10-21(4)11-13-24/h7-13,18,20H,6,14-17,19H2,1-5H3,(H,30,36). The molecule has 2 heterocycles. The molecule has 4 rings (SSSR count). The number of nitrogens with one attached hydrogen (secondary N) is 1. The molecule has 0 radical (unpaired) electrons. The number of carbonyl (C=O) groups excluding carboxylic acids is 1. The first-order valence-corrected chi connectivity index (χ1v) is 12.7. The van der Waals surface area contributed by atoms with Crippen LogP contribution in [0.5, 0.6) is 0 Å². The number of aromatic nitrogens is 2. The second kappa shape index (κ2) is 11.1. The molecule has 0 unspecified atom stereocenters. The maximum Gasteiger partial charge on any atom is 0.322 e. The number of carbonyl (C=O) groups is 1. The lowest BCUT2D eigenvalue weighted by atomic mass is 10.1. The molecule has 0 saturated carbocycles. The molecule has 2 aromatic carbocycles. The first-order valence-electron chi connectivity index (χ1n) is 12.7. The summed E-state index contributed by atoms with van der Waals surface area (Å²) in [4.78, 5) is 19.9. The minimum absolute atomic E-state index is 0.0304. The summed E-state index contributed by atoms with van der Waals surface area (Å²) in [6, 6.07) is 14.1. The van der Waals surface area contributed by atoms with Crippen molar-refractivity contribution in [2.45, 2.75) is 47.2 Å². The van der Waals surface area contributed by atoms with Gasteiger partial charge in [-0.05, 0) is 64.6 Å². The van der Waals surface area contributed by atoms with Gasteiger partial charge >= 0.3 is 6.03 Å². The van der Waals surface area contributed by atoms with Gasteiger partial charge in [0.2, 0.25) is 0 Å². The molecule has 1 aliphatic rings. The average molecular weight is 493 g/mol. The minimum Gasteiger partial charge on any atom is -0.354 e.